The minimum atomic E-state index is 0.369. The van der Waals surface area contributed by atoms with E-state index in [0.29, 0.717) is 5.92 Å². The zero-order valence-electron chi connectivity index (χ0n) is 20.9. The molecule has 0 fully saturated rings. The molecule has 0 amide bonds. The first-order valence-electron chi connectivity index (χ1n) is 13.5. The van der Waals surface area contributed by atoms with E-state index in [-0.39, 0.29) is 0 Å². The van der Waals surface area contributed by atoms with Gasteiger partial charge in [0.1, 0.15) is 0 Å². The van der Waals surface area contributed by atoms with Crippen LogP contribution in [0.1, 0.15) is 22.6 Å². The third-order valence-corrected chi connectivity index (χ3v) is 8.83. The molecular weight excluding hydrogens is 456 g/mol. The van der Waals surface area contributed by atoms with E-state index in [1.165, 1.54) is 81.3 Å². The van der Waals surface area contributed by atoms with Crippen molar-refractivity contribution in [2.45, 2.75) is 12.3 Å². The highest BCUT2D eigenvalue weighted by Gasteiger charge is 2.20. The third-order valence-electron chi connectivity index (χ3n) is 8.83. The van der Waals surface area contributed by atoms with Gasteiger partial charge in [0.15, 0.2) is 0 Å². The maximum Gasteiger partial charge on any atom is 0.00680 e. The Morgan fingerprint density at radius 3 is 1.79 bits per heavy atom. The molecule has 0 heterocycles. The van der Waals surface area contributed by atoms with Gasteiger partial charge in [0.05, 0.1) is 0 Å². The summed E-state index contributed by atoms with van der Waals surface area (Å²) in [6.07, 6.45) is 5.81. The SMILES string of the molecule is C1=CC(c2ccc3ccc4cccc5ccc2c3c45)Cc2cc3cc4cc5ccccc5cc4cc3cc21. The average molecular weight is 481 g/mol. The monoisotopic (exact) mass is 480 g/mol. The highest BCUT2D eigenvalue weighted by Crippen LogP contribution is 2.41. The van der Waals surface area contributed by atoms with Crippen molar-refractivity contribution in [1.82, 2.24) is 0 Å². The number of fused-ring (bicyclic) bond motifs is 4. The van der Waals surface area contributed by atoms with E-state index in [1.807, 2.05) is 0 Å². The molecule has 9 rings (SSSR count). The summed E-state index contributed by atoms with van der Waals surface area (Å²) >= 11 is 0. The summed E-state index contributed by atoms with van der Waals surface area (Å²) in [5.41, 5.74) is 4.23. The maximum absolute atomic E-state index is 2.44. The van der Waals surface area contributed by atoms with Gasteiger partial charge in [-0.3, -0.25) is 0 Å². The van der Waals surface area contributed by atoms with E-state index in [4.69, 9.17) is 0 Å². The molecule has 8 aromatic carbocycles. The molecule has 8 aromatic rings. The lowest BCUT2D eigenvalue weighted by atomic mass is 9.81. The normalized spacial score (nSPS) is 15.4. The summed E-state index contributed by atoms with van der Waals surface area (Å²) in [6, 6.07) is 43.4. The molecule has 0 aromatic heterocycles. The highest BCUT2D eigenvalue weighted by molar-refractivity contribution is 6.23. The topological polar surface area (TPSA) is 0 Å². The molecule has 0 saturated heterocycles. The molecule has 38 heavy (non-hydrogen) atoms. The lowest BCUT2D eigenvalue weighted by Gasteiger charge is -2.23. The Kier molecular flexibility index (Phi) is 3.99. The summed E-state index contributed by atoms with van der Waals surface area (Å²) in [5.74, 6) is 0.369. The van der Waals surface area contributed by atoms with E-state index in [0.717, 1.165) is 6.42 Å². The first kappa shape index (κ1) is 20.4. The van der Waals surface area contributed by atoms with Gasteiger partial charge in [0.25, 0.3) is 0 Å². The van der Waals surface area contributed by atoms with Crippen LogP contribution < -0.4 is 0 Å². The third kappa shape index (κ3) is 2.86. The van der Waals surface area contributed by atoms with Crippen LogP contribution in [0.5, 0.6) is 0 Å². The summed E-state index contributed by atoms with van der Waals surface area (Å²) in [6.45, 7) is 0. The Balaban J connectivity index is 1.19. The average Bonchev–Trinajstić information content (AvgIpc) is 2.96. The zero-order chi connectivity index (χ0) is 24.8. The van der Waals surface area contributed by atoms with Gasteiger partial charge in [0, 0.05) is 5.92 Å². The Bertz CT molecular complexity index is 2250. The van der Waals surface area contributed by atoms with Crippen molar-refractivity contribution in [3.05, 3.63) is 138 Å². The van der Waals surface area contributed by atoms with Crippen molar-refractivity contribution in [3.63, 3.8) is 0 Å². The maximum atomic E-state index is 2.44. The van der Waals surface area contributed by atoms with Crippen LogP contribution in [0.4, 0.5) is 0 Å². The van der Waals surface area contributed by atoms with E-state index < -0.39 is 0 Å². The van der Waals surface area contributed by atoms with Crippen LogP contribution in [0.15, 0.2) is 121 Å². The van der Waals surface area contributed by atoms with Crippen molar-refractivity contribution in [3.8, 4) is 0 Å². The molecule has 0 heteroatoms. The van der Waals surface area contributed by atoms with Crippen molar-refractivity contribution in [2.24, 2.45) is 0 Å². The zero-order valence-corrected chi connectivity index (χ0v) is 20.9. The van der Waals surface area contributed by atoms with Gasteiger partial charge in [-0.25, -0.2) is 0 Å². The molecule has 0 saturated carbocycles. The highest BCUT2D eigenvalue weighted by atomic mass is 14.2. The van der Waals surface area contributed by atoms with E-state index in [2.05, 4.69) is 127 Å². The number of allylic oxidation sites excluding steroid dienone is 1. The van der Waals surface area contributed by atoms with Gasteiger partial charge in [-0.15, -0.1) is 0 Å². The van der Waals surface area contributed by atoms with Gasteiger partial charge in [0.2, 0.25) is 0 Å². The van der Waals surface area contributed by atoms with Gasteiger partial charge in [-0.1, -0.05) is 97.1 Å². The Hall–Kier alpha value is -4.68. The van der Waals surface area contributed by atoms with Crippen molar-refractivity contribution in [2.75, 3.05) is 0 Å². The van der Waals surface area contributed by atoms with Crippen LogP contribution in [0.2, 0.25) is 0 Å². The second kappa shape index (κ2) is 7.43. The van der Waals surface area contributed by atoms with E-state index in [1.54, 1.807) is 0 Å². The number of rotatable bonds is 1. The van der Waals surface area contributed by atoms with Crippen LogP contribution in [-0.4, -0.2) is 0 Å². The van der Waals surface area contributed by atoms with Gasteiger partial charge in [-0.2, -0.15) is 0 Å². The van der Waals surface area contributed by atoms with Gasteiger partial charge < -0.3 is 0 Å². The number of benzene rings is 8. The quantitative estimate of drug-likeness (QED) is 0.162. The summed E-state index contributed by atoms with van der Waals surface area (Å²) in [7, 11) is 0. The van der Waals surface area contributed by atoms with Crippen molar-refractivity contribution in [1.29, 1.82) is 0 Å². The van der Waals surface area contributed by atoms with E-state index >= 15 is 0 Å². The minimum Gasteiger partial charge on any atom is -0.0760 e. The van der Waals surface area contributed by atoms with Crippen LogP contribution in [0, 0.1) is 0 Å². The molecule has 1 unspecified atom stereocenters. The summed E-state index contributed by atoms with van der Waals surface area (Å²) in [4.78, 5) is 0. The van der Waals surface area contributed by atoms with E-state index in [9.17, 15) is 0 Å². The molecule has 0 nitrogen and oxygen atoms in total. The molecule has 1 aliphatic rings. The minimum absolute atomic E-state index is 0.369. The molecule has 1 aliphatic carbocycles. The number of hydrogen-bond donors (Lipinski definition) is 0. The summed E-state index contributed by atoms with van der Waals surface area (Å²) in [5, 5.41) is 16.1. The fourth-order valence-corrected chi connectivity index (χ4v) is 6.96. The van der Waals surface area contributed by atoms with Gasteiger partial charge in [-0.05, 0) is 118 Å². The standard InChI is InChI=1S/C38H24/c1-2-5-27-17-32-22-34-20-30-19-29(11-10-28(30)18-33(34)21-31(32)16-26(27)4-1)35-14-12-25-9-8-23-6-3-7-24-13-15-36(35)38(25)37(23)24/h1-18,20-22,29H,19H2. The van der Waals surface area contributed by atoms with Crippen LogP contribution in [0.3, 0.4) is 0 Å². The molecule has 0 aliphatic heterocycles. The predicted molar refractivity (Wildman–Crippen MR) is 165 cm³/mol. The van der Waals surface area contributed by atoms with Crippen LogP contribution >= 0.6 is 0 Å². The second-order valence-corrected chi connectivity index (χ2v) is 11.0. The second-order valence-electron chi connectivity index (χ2n) is 11.0. The molecule has 176 valence electrons. The molecule has 0 spiro atoms. The molecule has 0 bridgehead atoms. The van der Waals surface area contributed by atoms with Crippen LogP contribution in [-0.2, 0) is 6.42 Å². The lowest BCUT2D eigenvalue weighted by molar-refractivity contribution is 0.836. The number of hydrogen-bond acceptors (Lipinski definition) is 0. The molecule has 0 radical (unpaired) electrons. The van der Waals surface area contributed by atoms with Crippen molar-refractivity contribution >= 4 is 70.7 Å². The first-order valence-corrected chi connectivity index (χ1v) is 13.5. The smallest absolute Gasteiger partial charge is 0.00680 e. The Morgan fingerprint density at radius 2 is 1.03 bits per heavy atom. The Labute approximate surface area is 220 Å². The fraction of sp³-hybridized carbons (Fsp3) is 0.0526. The fourth-order valence-electron chi connectivity index (χ4n) is 6.96. The molecular formula is C38H24. The molecule has 0 N–H and O–H groups in total. The van der Waals surface area contributed by atoms with Gasteiger partial charge >= 0.3 is 0 Å². The Morgan fingerprint density at radius 1 is 0.447 bits per heavy atom. The predicted octanol–water partition coefficient (Wildman–Crippen LogP) is 10.4. The first-order chi connectivity index (χ1) is 18.8. The summed E-state index contributed by atoms with van der Waals surface area (Å²) < 4.78 is 0. The lowest BCUT2D eigenvalue weighted by Crippen LogP contribution is -2.06. The van der Waals surface area contributed by atoms with Crippen LogP contribution in [0.25, 0.3) is 70.7 Å². The van der Waals surface area contributed by atoms with Crippen molar-refractivity contribution < 1.29 is 0 Å². The molecule has 1 atom stereocenters. The largest absolute Gasteiger partial charge is 0.0760 e.